The normalized spacial score (nSPS) is 18.9. The first-order chi connectivity index (χ1) is 8.27. The van der Waals surface area contributed by atoms with Gasteiger partial charge in [0.05, 0.1) is 7.11 Å². The van der Waals surface area contributed by atoms with Crippen molar-refractivity contribution in [3.05, 3.63) is 0 Å². The van der Waals surface area contributed by atoms with Gasteiger partial charge in [0.15, 0.2) is 0 Å². The molecule has 0 aromatic rings. The summed E-state index contributed by atoms with van der Waals surface area (Å²) in [5.74, 6) is -0.0910. The Bertz CT molecular complexity index is 212. The van der Waals surface area contributed by atoms with Crippen molar-refractivity contribution in [2.45, 2.75) is 76.8 Å². The number of hydrogen-bond acceptors (Lipinski definition) is 3. The van der Waals surface area contributed by atoms with Crippen molar-refractivity contribution in [3.63, 3.8) is 0 Å². The van der Waals surface area contributed by atoms with Crippen molar-refractivity contribution >= 4 is 5.97 Å². The predicted octanol–water partition coefficient (Wildman–Crippen LogP) is 3.03. The van der Waals surface area contributed by atoms with Crippen LogP contribution in [0.5, 0.6) is 0 Å². The second-order valence-corrected chi connectivity index (χ2v) is 5.07. The summed E-state index contributed by atoms with van der Waals surface area (Å²) in [5, 5.41) is 3.49. The van der Waals surface area contributed by atoms with E-state index in [9.17, 15) is 4.79 Å². The Morgan fingerprint density at radius 2 is 2.00 bits per heavy atom. The monoisotopic (exact) mass is 241 g/mol. The third-order valence-corrected chi connectivity index (χ3v) is 3.62. The van der Waals surface area contributed by atoms with E-state index in [1.807, 2.05) is 0 Å². The van der Waals surface area contributed by atoms with Crippen LogP contribution in [0.15, 0.2) is 0 Å². The average molecular weight is 241 g/mol. The van der Waals surface area contributed by atoms with Gasteiger partial charge in [-0.2, -0.15) is 0 Å². The molecule has 0 aromatic heterocycles. The molecule has 0 aliphatic heterocycles. The smallest absolute Gasteiger partial charge is 0.322 e. The molecule has 1 N–H and O–H groups in total. The number of ether oxygens (including phenoxy) is 1. The lowest BCUT2D eigenvalue weighted by Gasteiger charge is -2.27. The van der Waals surface area contributed by atoms with E-state index in [1.54, 1.807) is 0 Å². The zero-order valence-corrected chi connectivity index (χ0v) is 11.3. The first-order valence-electron chi connectivity index (χ1n) is 7.11. The molecular weight excluding hydrogens is 214 g/mol. The van der Waals surface area contributed by atoms with E-state index in [0.717, 1.165) is 12.8 Å². The molecule has 1 saturated carbocycles. The summed E-state index contributed by atoms with van der Waals surface area (Å²) in [6.45, 7) is 2.18. The zero-order valence-electron chi connectivity index (χ0n) is 11.3. The Kier molecular flexibility index (Phi) is 7.25. The maximum Gasteiger partial charge on any atom is 0.322 e. The van der Waals surface area contributed by atoms with Gasteiger partial charge in [0.2, 0.25) is 0 Å². The van der Waals surface area contributed by atoms with Gasteiger partial charge in [0, 0.05) is 6.04 Å². The van der Waals surface area contributed by atoms with Crippen LogP contribution in [0.25, 0.3) is 0 Å². The van der Waals surface area contributed by atoms with E-state index in [-0.39, 0.29) is 12.0 Å². The van der Waals surface area contributed by atoms with Gasteiger partial charge in [-0.15, -0.1) is 0 Å². The first kappa shape index (κ1) is 14.5. The largest absolute Gasteiger partial charge is 0.468 e. The van der Waals surface area contributed by atoms with Crippen molar-refractivity contribution < 1.29 is 9.53 Å². The molecule has 17 heavy (non-hydrogen) atoms. The molecule has 1 aliphatic carbocycles. The van der Waals surface area contributed by atoms with Crippen LogP contribution < -0.4 is 5.32 Å². The molecule has 1 rings (SSSR count). The molecule has 100 valence electrons. The van der Waals surface area contributed by atoms with Crippen LogP contribution in [-0.2, 0) is 9.53 Å². The van der Waals surface area contributed by atoms with E-state index in [0.29, 0.717) is 6.04 Å². The lowest BCUT2D eigenvalue weighted by molar-refractivity contribution is -0.143. The Morgan fingerprint density at radius 3 is 2.59 bits per heavy atom. The minimum atomic E-state index is -0.0910. The lowest BCUT2D eigenvalue weighted by Crippen LogP contribution is -2.44. The van der Waals surface area contributed by atoms with Crippen LogP contribution in [0.4, 0.5) is 0 Å². The third kappa shape index (κ3) is 5.53. The number of rotatable bonds is 7. The summed E-state index contributed by atoms with van der Waals surface area (Å²) < 4.78 is 4.88. The van der Waals surface area contributed by atoms with Gasteiger partial charge < -0.3 is 10.1 Å². The molecule has 0 spiro atoms. The molecule has 0 saturated heterocycles. The number of carbonyl (C=O) groups excluding carboxylic acids is 1. The summed E-state index contributed by atoms with van der Waals surface area (Å²) in [4.78, 5) is 11.7. The SMILES string of the molecule is CCCCCC(NC1CCCCC1)C(=O)OC. The molecule has 1 fully saturated rings. The van der Waals surface area contributed by atoms with Crippen LogP contribution >= 0.6 is 0 Å². The molecular formula is C14H27NO2. The number of esters is 1. The van der Waals surface area contributed by atoms with E-state index in [4.69, 9.17) is 4.74 Å². The molecule has 1 aliphatic rings. The molecule has 0 bridgehead atoms. The highest BCUT2D eigenvalue weighted by molar-refractivity contribution is 5.75. The predicted molar refractivity (Wildman–Crippen MR) is 70.0 cm³/mol. The maximum absolute atomic E-state index is 11.7. The number of carbonyl (C=O) groups is 1. The molecule has 0 heterocycles. The van der Waals surface area contributed by atoms with Crippen LogP contribution in [0.2, 0.25) is 0 Å². The molecule has 0 aromatic carbocycles. The second-order valence-electron chi connectivity index (χ2n) is 5.07. The van der Waals surface area contributed by atoms with Crippen molar-refractivity contribution in [2.24, 2.45) is 0 Å². The fourth-order valence-electron chi connectivity index (χ4n) is 2.56. The van der Waals surface area contributed by atoms with Crippen molar-refractivity contribution in [2.75, 3.05) is 7.11 Å². The second kappa shape index (κ2) is 8.51. The average Bonchev–Trinajstić information content (AvgIpc) is 2.38. The fraction of sp³-hybridized carbons (Fsp3) is 0.929. The number of methoxy groups -OCH3 is 1. The highest BCUT2D eigenvalue weighted by atomic mass is 16.5. The van der Waals surface area contributed by atoms with Gasteiger partial charge in [0.25, 0.3) is 0 Å². The van der Waals surface area contributed by atoms with Crippen LogP contribution in [0.3, 0.4) is 0 Å². The van der Waals surface area contributed by atoms with Gasteiger partial charge in [-0.25, -0.2) is 0 Å². The summed E-state index contributed by atoms with van der Waals surface area (Å²) in [6.07, 6.45) is 10.8. The van der Waals surface area contributed by atoms with Gasteiger partial charge in [-0.05, 0) is 19.3 Å². The number of unbranched alkanes of at least 4 members (excludes halogenated alkanes) is 2. The van der Waals surface area contributed by atoms with E-state index < -0.39 is 0 Å². The fourth-order valence-corrected chi connectivity index (χ4v) is 2.56. The minimum Gasteiger partial charge on any atom is -0.468 e. The summed E-state index contributed by atoms with van der Waals surface area (Å²) in [7, 11) is 1.48. The topological polar surface area (TPSA) is 38.3 Å². The highest BCUT2D eigenvalue weighted by Crippen LogP contribution is 2.19. The molecule has 0 radical (unpaired) electrons. The Balaban J connectivity index is 2.35. The summed E-state index contributed by atoms with van der Waals surface area (Å²) >= 11 is 0. The number of nitrogens with one attached hydrogen (secondary N) is 1. The van der Waals surface area contributed by atoms with Crippen molar-refractivity contribution in [1.82, 2.24) is 5.32 Å². The Morgan fingerprint density at radius 1 is 1.29 bits per heavy atom. The number of hydrogen-bond donors (Lipinski definition) is 1. The van der Waals surface area contributed by atoms with Gasteiger partial charge in [-0.1, -0.05) is 45.4 Å². The van der Waals surface area contributed by atoms with Crippen molar-refractivity contribution in [3.8, 4) is 0 Å². The van der Waals surface area contributed by atoms with Crippen LogP contribution in [0, 0.1) is 0 Å². The third-order valence-electron chi connectivity index (χ3n) is 3.62. The molecule has 1 atom stereocenters. The van der Waals surface area contributed by atoms with E-state index >= 15 is 0 Å². The van der Waals surface area contributed by atoms with E-state index in [2.05, 4.69) is 12.2 Å². The molecule has 3 heteroatoms. The maximum atomic E-state index is 11.7. The molecule has 0 amide bonds. The lowest BCUT2D eigenvalue weighted by atomic mass is 9.94. The first-order valence-corrected chi connectivity index (χ1v) is 7.11. The quantitative estimate of drug-likeness (QED) is 0.550. The summed E-state index contributed by atoms with van der Waals surface area (Å²) in [6, 6.07) is 0.434. The van der Waals surface area contributed by atoms with Gasteiger partial charge in [0.1, 0.15) is 6.04 Å². The van der Waals surface area contributed by atoms with Crippen LogP contribution in [0.1, 0.15) is 64.7 Å². The van der Waals surface area contributed by atoms with Crippen molar-refractivity contribution in [1.29, 1.82) is 0 Å². The summed E-state index contributed by atoms with van der Waals surface area (Å²) in [5.41, 5.74) is 0. The van der Waals surface area contributed by atoms with Gasteiger partial charge in [-0.3, -0.25) is 4.79 Å². The van der Waals surface area contributed by atoms with Gasteiger partial charge >= 0.3 is 5.97 Å². The zero-order chi connectivity index (χ0) is 12.5. The van der Waals surface area contributed by atoms with Crippen LogP contribution in [-0.4, -0.2) is 25.2 Å². The standard InChI is InChI=1S/C14H27NO2/c1-3-4-6-11-13(14(16)17-2)15-12-9-7-5-8-10-12/h12-13,15H,3-11H2,1-2H3. The minimum absolute atomic E-state index is 0.0883. The highest BCUT2D eigenvalue weighted by Gasteiger charge is 2.23. The van der Waals surface area contributed by atoms with E-state index in [1.165, 1.54) is 52.1 Å². The Hall–Kier alpha value is -0.570. The molecule has 1 unspecified atom stereocenters. The molecule has 3 nitrogen and oxygen atoms in total. The Labute approximate surface area is 105 Å².